The molecule has 1 amide bonds. The van der Waals surface area contributed by atoms with Gasteiger partial charge in [0.05, 0.1) is 5.69 Å². The molecule has 0 fully saturated rings. The van der Waals surface area contributed by atoms with Crippen LogP contribution in [0.25, 0.3) is 11.1 Å². The summed E-state index contributed by atoms with van der Waals surface area (Å²) in [6.45, 7) is 2.10. The lowest BCUT2D eigenvalue weighted by Crippen LogP contribution is -2.15. The zero-order valence-electron chi connectivity index (χ0n) is 14.2. The summed E-state index contributed by atoms with van der Waals surface area (Å²) in [7, 11) is 1.81. The van der Waals surface area contributed by atoms with E-state index in [1.54, 1.807) is 22.9 Å². The first-order valence-corrected chi connectivity index (χ1v) is 8.83. The second kappa shape index (κ2) is 6.49. The van der Waals surface area contributed by atoms with Crippen molar-refractivity contribution in [2.45, 2.75) is 6.92 Å². The summed E-state index contributed by atoms with van der Waals surface area (Å²) in [5.74, 6) is 1.64. The number of fused-ring (bicyclic) bond motifs is 1. The summed E-state index contributed by atoms with van der Waals surface area (Å²) in [5.41, 5.74) is 3.22. The van der Waals surface area contributed by atoms with Crippen molar-refractivity contribution in [2.24, 2.45) is 7.05 Å². The number of aryl methyl sites for hydroxylation is 2. The summed E-state index contributed by atoms with van der Waals surface area (Å²) in [4.78, 5) is 12.8. The van der Waals surface area contributed by atoms with Gasteiger partial charge >= 0.3 is 0 Å². The minimum Gasteiger partial charge on any atom is -0.454 e. The molecule has 0 bridgehead atoms. The number of carbonyl (C=O) groups excluding carboxylic acids is 1. The van der Waals surface area contributed by atoms with E-state index in [0.29, 0.717) is 22.9 Å². The molecule has 1 aliphatic rings. The van der Waals surface area contributed by atoms with E-state index in [-0.39, 0.29) is 12.7 Å². The van der Waals surface area contributed by atoms with Gasteiger partial charge in [0.1, 0.15) is 5.82 Å². The average Bonchev–Trinajstić information content (AvgIpc) is 3.20. The van der Waals surface area contributed by atoms with Gasteiger partial charge in [-0.15, -0.1) is 0 Å². The van der Waals surface area contributed by atoms with Crippen LogP contribution in [0.1, 0.15) is 16.1 Å². The van der Waals surface area contributed by atoms with Crippen molar-refractivity contribution in [1.29, 1.82) is 0 Å². The van der Waals surface area contributed by atoms with Gasteiger partial charge in [-0.25, -0.2) is 0 Å². The van der Waals surface area contributed by atoms with Crippen LogP contribution in [0.4, 0.5) is 5.82 Å². The van der Waals surface area contributed by atoms with Crippen LogP contribution in [-0.4, -0.2) is 22.5 Å². The largest absolute Gasteiger partial charge is 0.454 e. The highest BCUT2D eigenvalue weighted by Gasteiger charge is 2.20. The fraction of sp³-hybridized carbons (Fsp3) is 0.158. The van der Waals surface area contributed by atoms with Gasteiger partial charge in [-0.1, -0.05) is 28.1 Å². The molecule has 0 aliphatic carbocycles. The first kappa shape index (κ1) is 16.7. The van der Waals surface area contributed by atoms with Crippen molar-refractivity contribution >= 4 is 27.7 Å². The van der Waals surface area contributed by atoms with E-state index in [2.05, 4.69) is 26.3 Å². The number of anilines is 1. The van der Waals surface area contributed by atoms with Gasteiger partial charge < -0.3 is 14.8 Å². The predicted molar refractivity (Wildman–Crippen MR) is 102 cm³/mol. The summed E-state index contributed by atoms with van der Waals surface area (Å²) in [6, 6.07) is 13.0. The third kappa shape index (κ3) is 2.94. The monoisotopic (exact) mass is 413 g/mol. The van der Waals surface area contributed by atoms with Crippen LogP contribution in [0.15, 0.2) is 46.9 Å². The zero-order valence-corrected chi connectivity index (χ0v) is 15.8. The van der Waals surface area contributed by atoms with E-state index in [1.165, 1.54) is 0 Å². The number of carbonyl (C=O) groups is 1. The number of ether oxygens (including phenoxy) is 2. The van der Waals surface area contributed by atoms with E-state index in [1.807, 2.05) is 38.2 Å². The number of amides is 1. The van der Waals surface area contributed by atoms with Crippen LogP contribution in [0.2, 0.25) is 0 Å². The average molecular weight is 414 g/mol. The van der Waals surface area contributed by atoms with Crippen LogP contribution >= 0.6 is 15.9 Å². The highest BCUT2D eigenvalue weighted by Crippen LogP contribution is 2.34. The molecule has 0 saturated carbocycles. The number of halogens is 1. The molecule has 7 heteroatoms. The number of hydrogen-bond acceptors (Lipinski definition) is 4. The zero-order chi connectivity index (χ0) is 18.3. The molecule has 2 aromatic carbocycles. The van der Waals surface area contributed by atoms with Crippen LogP contribution in [0, 0.1) is 6.92 Å². The molecule has 2 heterocycles. The lowest BCUT2D eigenvalue weighted by molar-refractivity contribution is 0.102. The summed E-state index contributed by atoms with van der Waals surface area (Å²) in [6.07, 6.45) is 0. The summed E-state index contributed by atoms with van der Waals surface area (Å²) in [5, 5.41) is 7.43. The molecule has 0 atom stereocenters. The van der Waals surface area contributed by atoms with Crippen molar-refractivity contribution < 1.29 is 14.3 Å². The van der Waals surface area contributed by atoms with Gasteiger partial charge in [0, 0.05) is 22.6 Å². The Kier molecular flexibility index (Phi) is 4.16. The third-order valence-electron chi connectivity index (χ3n) is 4.22. The topological polar surface area (TPSA) is 65.4 Å². The van der Waals surface area contributed by atoms with E-state index < -0.39 is 0 Å². The van der Waals surface area contributed by atoms with Gasteiger partial charge in [-0.05, 0) is 42.8 Å². The van der Waals surface area contributed by atoms with Crippen molar-refractivity contribution in [3.8, 4) is 22.6 Å². The minimum absolute atomic E-state index is 0.176. The molecule has 0 spiro atoms. The van der Waals surface area contributed by atoms with Gasteiger partial charge in [-0.3, -0.25) is 9.48 Å². The Morgan fingerprint density at radius 2 is 1.88 bits per heavy atom. The fourth-order valence-corrected chi connectivity index (χ4v) is 3.25. The Labute approximate surface area is 158 Å². The molecule has 0 radical (unpaired) electrons. The Bertz CT molecular complexity index is 996. The predicted octanol–water partition coefficient (Wildman–Crippen LogP) is 4.14. The fourth-order valence-electron chi connectivity index (χ4n) is 2.98. The molecule has 26 heavy (non-hydrogen) atoms. The van der Waals surface area contributed by atoms with Gasteiger partial charge in [-0.2, -0.15) is 5.10 Å². The Hall–Kier alpha value is -2.80. The molecular formula is C19H16BrN3O3. The molecule has 6 nitrogen and oxygen atoms in total. The maximum atomic E-state index is 12.8. The highest BCUT2D eigenvalue weighted by atomic mass is 79.9. The number of nitrogens with zero attached hydrogens (tertiary/aromatic N) is 2. The normalized spacial score (nSPS) is 12.3. The highest BCUT2D eigenvalue weighted by molar-refractivity contribution is 9.10. The van der Waals surface area contributed by atoms with E-state index >= 15 is 0 Å². The maximum Gasteiger partial charge on any atom is 0.256 e. The lowest BCUT2D eigenvalue weighted by atomic mass is 10.1. The smallest absolute Gasteiger partial charge is 0.256 e. The quantitative estimate of drug-likeness (QED) is 0.700. The molecule has 4 rings (SSSR count). The van der Waals surface area contributed by atoms with Crippen molar-refractivity contribution in [2.75, 3.05) is 12.1 Å². The number of rotatable bonds is 3. The molecule has 0 unspecified atom stereocenters. The lowest BCUT2D eigenvalue weighted by Gasteiger charge is -2.10. The van der Waals surface area contributed by atoms with Crippen LogP contribution < -0.4 is 14.8 Å². The molecule has 0 saturated heterocycles. The van der Waals surface area contributed by atoms with Crippen LogP contribution in [0.3, 0.4) is 0 Å². The number of nitrogens with one attached hydrogen (secondary N) is 1. The summed E-state index contributed by atoms with van der Waals surface area (Å²) >= 11 is 3.44. The van der Waals surface area contributed by atoms with Crippen molar-refractivity contribution in [3.05, 3.63) is 58.2 Å². The van der Waals surface area contributed by atoms with Crippen molar-refractivity contribution in [3.63, 3.8) is 0 Å². The Balaban J connectivity index is 1.68. The van der Waals surface area contributed by atoms with Crippen LogP contribution in [0.5, 0.6) is 11.5 Å². The minimum atomic E-state index is -0.232. The van der Waals surface area contributed by atoms with Crippen molar-refractivity contribution in [1.82, 2.24) is 9.78 Å². The summed E-state index contributed by atoms with van der Waals surface area (Å²) < 4.78 is 13.3. The molecule has 1 N–H and O–H groups in total. The maximum absolute atomic E-state index is 12.8. The number of hydrogen-bond donors (Lipinski definition) is 1. The van der Waals surface area contributed by atoms with E-state index in [4.69, 9.17) is 9.47 Å². The standard InChI is InChI=1S/C19H16BrN3O3/c1-11-17(12-3-6-14(20)7-4-12)18(23(2)22-11)21-19(24)13-5-8-15-16(9-13)26-10-25-15/h3-9H,10H2,1-2H3,(H,21,24). The SMILES string of the molecule is Cc1nn(C)c(NC(=O)c2ccc3c(c2)OCO3)c1-c1ccc(Br)cc1. The Morgan fingerprint density at radius 1 is 1.15 bits per heavy atom. The van der Waals surface area contributed by atoms with Gasteiger partial charge in [0.25, 0.3) is 5.91 Å². The Morgan fingerprint density at radius 3 is 2.65 bits per heavy atom. The van der Waals surface area contributed by atoms with Gasteiger partial charge in [0.15, 0.2) is 11.5 Å². The molecular weight excluding hydrogens is 398 g/mol. The first-order chi connectivity index (χ1) is 12.5. The van der Waals surface area contributed by atoms with E-state index in [9.17, 15) is 4.79 Å². The first-order valence-electron chi connectivity index (χ1n) is 8.03. The number of benzene rings is 2. The van der Waals surface area contributed by atoms with Gasteiger partial charge in [0.2, 0.25) is 6.79 Å². The third-order valence-corrected chi connectivity index (χ3v) is 4.75. The molecule has 1 aromatic heterocycles. The molecule has 1 aliphatic heterocycles. The second-order valence-electron chi connectivity index (χ2n) is 5.96. The number of aromatic nitrogens is 2. The van der Waals surface area contributed by atoms with Crippen LogP contribution in [-0.2, 0) is 7.05 Å². The second-order valence-corrected chi connectivity index (χ2v) is 6.88. The molecule has 3 aromatic rings. The molecule has 132 valence electrons. The van der Waals surface area contributed by atoms with E-state index in [0.717, 1.165) is 21.3 Å².